The standard InChI is InChI=1S/C29H56/c1-4-7-9-11-13-14-15-16-17-18-19-20-21-22-24-26-28-29(6-3)27-25-23-12-10-8-5-2/h19-20,29H,1-2,4-18,21-28H2,3H3. The molecule has 172 valence electrons. The first-order valence-electron chi connectivity index (χ1n) is 13.6. The summed E-state index contributed by atoms with van der Waals surface area (Å²) in [6.07, 6.45) is 36.6. The van der Waals surface area contributed by atoms with E-state index in [-0.39, 0.29) is 0 Å². The lowest BCUT2D eigenvalue weighted by atomic mass is 9.92. The monoisotopic (exact) mass is 404 g/mol. The first-order chi connectivity index (χ1) is 14.3. The predicted octanol–water partition coefficient (Wildman–Crippen LogP) is 10.8. The van der Waals surface area contributed by atoms with Crippen molar-refractivity contribution in [3.8, 4) is 0 Å². The topological polar surface area (TPSA) is 0 Å². The minimum Gasteiger partial charge on any atom is -0.0885 e. The van der Waals surface area contributed by atoms with E-state index in [2.05, 4.69) is 32.9 Å². The zero-order valence-electron chi connectivity index (χ0n) is 20.4. The molecule has 0 aliphatic heterocycles. The second-order valence-corrected chi connectivity index (χ2v) is 9.26. The minimum absolute atomic E-state index is 0.988. The summed E-state index contributed by atoms with van der Waals surface area (Å²) in [4.78, 5) is 0. The summed E-state index contributed by atoms with van der Waals surface area (Å²) in [6, 6.07) is 0. The van der Waals surface area contributed by atoms with Crippen LogP contribution in [0.4, 0.5) is 0 Å². The maximum absolute atomic E-state index is 3.93. The molecule has 0 aliphatic rings. The highest BCUT2D eigenvalue weighted by atomic mass is 14.1. The van der Waals surface area contributed by atoms with Crippen LogP contribution in [0.1, 0.15) is 155 Å². The zero-order valence-corrected chi connectivity index (χ0v) is 20.4. The Morgan fingerprint density at radius 1 is 0.483 bits per heavy atom. The lowest BCUT2D eigenvalue weighted by Crippen LogP contribution is -1.99. The Morgan fingerprint density at radius 3 is 1.24 bits per heavy atom. The van der Waals surface area contributed by atoms with E-state index in [1.54, 1.807) is 0 Å². The summed E-state index contributed by atoms with van der Waals surface area (Å²) in [5.41, 5.74) is 0. The van der Waals surface area contributed by atoms with Crippen molar-refractivity contribution in [1.29, 1.82) is 0 Å². The molecule has 0 bridgehead atoms. The van der Waals surface area contributed by atoms with Crippen LogP contribution in [0.5, 0.6) is 0 Å². The van der Waals surface area contributed by atoms with Crippen LogP contribution >= 0.6 is 0 Å². The Balaban J connectivity index is 3.30. The molecule has 0 heteroatoms. The van der Waals surface area contributed by atoms with Gasteiger partial charge in [0.25, 0.3) is 0 Å². The van der Waals surface area contributed by atoms with Crippen molar-refractivity contribution in [3.63, 3.8) is 0 Å². The Kier molecular flexibility index (Phi) is 25.5. The molecule has 0 aromatic carbocycles. The lowest BCUT2D eigenvalue weighted by molar-refractivity contribution is 0.395. The molecular weight excluding hydrogens is 348 g/mol. The second-order valence-electron chi connectivity index (χ2n) is 9.26. The molecule has 0 aliphatic carbocycles. The largest absolute Gasteiger partial charge is 0.0885 e. The van der Waals surface area contributed by atoms with Crippen molar-refractivity contribution >= 4 is 0 Å². The summed E-state index contributed by atoms with van der Waals surface area (Å²) in [5.74, 6) is 0.988. The third-order valence-electron chi connectivity index (χ3n) is 6.46. The fourth-order valence-corrected chi connectivity index (χ4v) is 4.30. The predicted molar refractivity (Wildman–Crippen MR) is 135 cm³/mol. The highest BCUT2D eigenvalue weighted by Crippen LogP contribution is 2.21. The zero-order chi connectivity index (χ0) is 21.3. The smallest absolute Gasteiger partial charge is 0.0351 e. The molecule has 1 unspecified atom stereocenters. The Bertz CT molecular complexity index is 303. The normalized spacial score (nSPS) is 12.8. The van der Waals surface area contributed by atoms with E-state index in [1.807, 2.05) is 0 Å². The Morgan fingerprint density at radius 2 is 0.828 bits per heavy atom. The van der Waals surface area contributed by atoms with Gasteiger partial charge in [-0.05, 0) is 31.6 Å². The molecule has 0 rings (SSSR count). The molecule has 0 saturated carbocycles. The van der Waals surface area contributed by atoms with Gasteiger partial charge in [0.1, 0.15) is 0 Å². The molecule has 2 radical (unpaired) electrons. The van der Waals surface area contributed by atoms with Crippen molar-refractivity contribution in [2.75, 3.05) is 0 Å². The molecule has 0 fully saturated rings. The molecule has 0 aromatic rings. The van der Waals surface area contributed by atoms with Crippen molar-refractivity contribution in [1.82, 2.24) is 0 Å². The number of hydrogen-bond donors (Lipinski definition) is 0. The van der Waals surface area contributed by atoms with Gasteiger partial charge in [-0.15, -0.1) is 0 Å². The maximum Gasteiger partial charge on any atom is -0.0351 e. The molecule has 29 heavy (non-hydrogen) atoms. The van der Waals surface area contributed by atoms with Crippen LogP contribution in [0.15, 0.2) is 12.2 Å². The average Bonchev–Trinajstić information content (AvgIpc) is 2.74. The van der Waals surface area contributed by atoms with Crippen molar-refractivity contribution in [2.45, 2.75) is 155 Å². The van der Waals surface area contributed by atoms with E-state index in [0.29, 0.717) is 0 Å². The molecular formula is C29H56. The molecule has 0 N–H and O–H groups in total. The highest BCUT2D eigenvalue weighted by molar-refractivity contribution is 4.81. The number of hydrogen-bond acceptors (Lipinski definition) is 0. The van der Waals surface area contributed by atoms with Gasteiger partial charge in [0.2, 0.25) is 0 Å². The minimum atomic E-state index is 0.988. The fraction of sp³-hybridized carbons (Fsp3) is 0.862. The SMILES string of the molecule is [CH2]CCCCCCCCCCC=CCCCCCC(CC)CCCCCCC[CH2]. The van der Waals surface area contributed by atoms with E-state index in [1.165, 1.54) is 135 Å². The molecule has 0 amide bonds. The molecule has 0 spiro atoms. The van der Waals surface area contributed by atoms with Crippen LogP contribution in [-0.2, 0) is 0 Å². The number of unbranched alkanes of at least 4 members (excludes halogenated alkanes) is 17. The summed E-state index contributed by atoms with van der Waals surface area (Å²) in [5, 5.41) is 0. The second kappa shape index (κ2) is 25.8. The van der Waals surface area contributed by atoms with E-state index in [4.69, 9.17) is 0 Å². The first kappa shape index (κ1) is 28.7. The number of rotatable bonds is 24. The van der Waals surface area contributed by atoms with Gasteiger partial charge in [-0.25, -0.2) is 0 Å². The van der Waals surface area contributed by atoms with Gasteiger partial charge < -0.3 is 0 Å². The van der Waals surface area contributed by atoms with Gasteiger partial charge in [0.15, 0.2) is 0 Å². The lowest BCUT2D eigenvalue weighted by Gasteiger charge is -2.14. The van der Waals surface area contributed by atoms with Gasteiger partial charge >= 0.3 is 0 Å². The first-order valence-corrected chi connectivity index (χ1v) is 13.6. The Labute approximate surface area is 186 Å². The van der Waals surface area contributed by atoms with Crippen molar-refractivity contribution in [3.05, 3.63) is 26.0 Å². The maximum atomic E-state index is 3.93. The summed E-state index contributed by atoms with van der Waals surface area (Å²) in [6.45, 7) is 10.2. The highest BCUT2D eigenvalue weighted by Gasteiger charge is 2.05. The molecule has 0 saturated heterocycles. The van der Waals surface area contributed by atoms with Crippen molar-refractivity contribution < 1.29 is 0 Å². The van der Waals surface area contributed by atoms with E-state index in [0.717, 1.165) is 18.8 Å². The summed E-state index contributed by atoms with van der Waals surface area (Å²) >= 11 is 0. The van der Waals surface area contributed by atoms with Crippen LogP contribution in [0.2, 0.25) is 0 Å². The molecule has 1 atom stereocenters. The molecule has 0 nitrogen and oxygen atoms in total. The average molecular weight is 405 g/mol. The van der Waals surface area contributed by atoms with Gasteiger partial charge in [0, 0.05) is 0 Å². The Hall–Kier alpha value is -0.260. The van der Waals surface area contributed by atoms with Crippen LogP contribution < -0.4 is 0 Å². The van der Waals surface area contributed by atoms with Crippen LogP contribution in [0.3, 0.4) is 0 Å². The van der Waals surface area contributed by atoms with Gasteiger partial charge in [-0.1, -0.05) is 155 Å². The van der Waals surface area contributed by atoms with E-state index >= 15 is 0 Å². The van der Waals surface area contributed by atoms with Crippen LogP contribution in [0, 0.1) is 19.8 Å². The summed E-state index contributed by atoms with van der Waals surface area (Å²) < 4.78 is 0. The number of allylic oxidation sites excluding steroid dienone is 2. The summed E-state index contributed by atoms with van der Waals surface area (Å²) in [7, 11) is 0. The molecule has 0 aromatic heterocycles. The quantitative estimate of drug-likeness (QED) is 0.111. The van der Waals surface area contributed by atoms with Gasteiger partial charge in [-0.3, -0.25) is 0 Å². The third kappa shape index (κ3) is 23.9. The van der Waals surface area contributed by atoms with Gasteiger partial charge in [-0.2, -0.15) is 0 Å². The molecule has 0 heterocycles. The van der Waals surface area contributed by atoms with Crippen molar-refractivity contribution in [2.24, 2.45) is 5.92 Å². The van der Waals surface area contributed by atoms with Crippen LogP contribution in [-0.4, -0.2) is 0 Å². The van der Waals surface area contributed by atoms with Gasteiger partial charge in [0.05, 0.1) is 0 Å². The van der Waals surface area contributed by atoms with E-state index < -0.39 is 0 Å². The third-order valence-corrected chi connectivity index (χ3v) is 6.46. The van der Waals surface area contributed by atoms with E-state index in [9.17, 15) is 0 Å². The van der Waals surface area contributed by atoms with Crippen LogP contribution in [0.25, 0.3) is 0 Å². The fourth-order valence-electron chi connectivity index (χ4n) is 4.30.